The van der Waals surface area contributed by atoms with Crippen LogP contribution in [0.5, 0.6) is 0 Å². The van der Waals surface area contributed by atoms with Crippen molar-refractivity contribution >= 4 is 16.0 Å². The fourth-order valence-corrected chi connectivity index (χ4v) is 9.49. The van der Waals surface area contributed by atoms with Gasteiger partial charge >= 0.3 is 51.4 Å². The van der Waals surface area contributed by atoms with Gasteiger partial charge in [-0.25, -0.2) is 8.42 Å². The Labute approximate surface area is 254 Å². The topological polar surface area (TPSA) is 127 Å². The number of rotatable bonds is 7. The Morgan fingerprint density at radius 3 is 2.40 bits per heavy atom. The van der Waals surface area contributed by atoms with Crippen molar-refractivity contribution < 1.29 is 79.4 Å². The summed E-state index contributed by atoms with van der Waals surface area (Å²) < 4.78 is 32.2. The van der Waals surface area contributed by atoms with Crippen LogP contribution in [-0.4, -0.2) is 53.6 Å². The minimum absolute atomic E-state index is 0. The van der Waals surface area contributed by atoms with Crippen molar-refractivity contribution in [1.29, 1.82) is 0 Å². The number of carbonyl (C=O) groups excluding carboxylic acids is 1. The molecule has 9 heteroatoms. The summed E-state index contributed by atoms with van der Waals surface area (Å²) in [4.78, 5) is 12.2. The summed E-state index contributed by atoms with van der Waals surface area (Å²) in [7, 11) is -4.31. The quantitative estimate of drug-likeness (QED) is 0.311. The van der Waals surface area contributed by atoms with Gasteiger partial charge in [-0.15, -0.1) is 0 Å². The average molecular weight is 538 g/mol. The van der Waals surface area contributed by atoms with E-state index in [9.17, 15) is 28.0 Å². The summed E-state index contributed by atoms with van der Waals surface area (Å²) in [6.45, 7) is 6.96. The standard InChI is InChI=1S/C26H45NO6S.K/c1-16(4-7-23(30)27-12-13-34(31,32)33)19-5-6-20-24-21(9-11-26(19,20)3)25(2)10-8-18(28)14-17(25)15-22(24)29;/h16-22,24,28-29H,4-15H2,1-3H3,(H,27,30)(H,31,32,33);/q;+1/p-1/t16-,17?,18-,19-,20?,21?,22-,24?,25+,26-;/m1./s1. The molecular formula is C26H44KNO6S. The van der Waals surface area contributed by atoms with Crippen LogP contribution < -0.4 is 56.7 Å². The van der Waals surface area contributed by atoms with Crippen LogP contribution >= 0.6 is 0 Å². The molecule has 0 aliphatic heterocycles. The Morgan fingerprint density at radius 2 is 1.71 bits per heavy atom. The summed E-state index contributed by atoms with van der Waals surface area (Å²) in [5, 5.41) is 24.2. The molecule has 3 N–H and O–H groups in total. The first-order chi connectivity index (χ1) is 15.8. The van der Waals surface area contributed by atoms with Gasteiger partial charge in [0.05, 0.1) is 28.1 Å². The molecule has 0 bridgehead atoms. The Bertz CT molecular complexity index is 870. The molecule has 0 aromatic carbocycles. The number of carbonyl (C=O) groups is 1. The molecule has 4 aliphatic carbocycles. The Balaban J connectivity index is 0.00000342. The molecule has 1 amide bonds. The van der Waals surface area contributed by atoms with Crippen LogP contribution in [0.2, 0.25) is 0 Å². The maximum absolute atomic E-state index is 12.2. The first-order valence-electron chi connectivity index (χ1n) is 13.4. The smallest absolute Gasteiger partial charge is 0.748 e. The minimum Gasteiger partial charge on any atom is -0.748 e. The van der Waals surface area contributed by atoms with Crippen molar-refractivity contribution in [2.24, 2.45) is 46.3 Å². The summed E-state index contributed by atoms with van der Waals surface area (Å²) in [6, 6.07) is 0. The van der Waals surface area contributed by atoms with Gasteiger partial charge in [0, 0.05) is 13.0 Å². The summed E-state index contributed by atoms with van der Waals surface area (Å²) in [6.07, 6.45) is 8.78. The van der Waals surface area contributed by atoms with Crippen LogP contribution in [0.3, 0.4) is 0 Å². The van der Waals surface area contributed by atoms with E-state index in [4.69, 9.17) is 0 Å². The maximum atomic E-state index is 12.2. The predicted octanol–water partition coefficient (Wildman–Crippen LogP) is 0.0587. The van der Waals surface area contributed by atoms with E-state index in [0.717, 1.165) is 51.4 Å². The molecule has 0 aromatic heterocycles. The van der Waals surface area contributed by atoms with E-state index in [0.29, 0.717) is 41.9 Å². The fourth-order valence-electron chi connectivity index (χ4n) is 9.14. The summed E-state index contributed by atoms with van der Waals surface area (Å²) >= 11 is 0. The number of aliphatic hydroxyl groups is 2. The number of hydrogen-bond acceptors (Lipinski definition) is 6. The largest absolute Gasteiger partial charge is 1.00 e. The fraction of sp³-hybridized carbons (Fsp3) is 0.962. The van der Waals surface area contributed by atoms with E-state index in [1.54, 1.807) is 0 Å². The zero-order chi connectivity index (χ0) is 24.9. The molecule has 4 rings (SSSR count). The van der Waals surface area contributed by atoms with Gasteiger partial charge in [0.25, 0.3) is 0 Å². The number of amides is 1. The molecule has 0 radical (unpaired) electrons. The molecule has 4 unspecified atom stereocenters. The van der Waals surface area contributed by atoms with Gasteiger partial charge in [0.1, 0.15) is 0 Å². The van der Waals surface area contributed by atoms with Gasteiger partial charge in [-0.1, -0.05) is 20.8 Å². The third-order valence-electron chi connectivity index (χ3n) is 10.9. The maximum Gasteiger partial charge on any atom is 1.00 e. The van der Waals surface area contributed by atoms with E-state index >= 15 is 0 Å². The van der Waals surface area contributed by atoms with Gasteiger partial charge < -0.3 is 20.1 Å². The number of fused-ring (bicyclic) bond motifs is 5. The summed E-state index contributed by atoms with van der Waals surface area (Å²) in [5.74, 6) is 1.92. The van der Waals surface area contributed by atoms with Crippen molar-refractivity contribution in [2.45, 2.75) is 97.2 Å². The Kier molecular flexibility index (Phi) is 10.1. The molecule has 0 heterocycles. The van der Waals surface area contributed by atoms with Crippen molar-refractivity contribution in [1.82, 2.24) is 5.32 Å². The second-order valence-electron chi connectivity index (χ2n) is 12.6. The van der Waals surface area contributed by atoms with Gasteiger partial charge in [-0.3, -0.25) is 4.79 Å². The first-order valence-corrected chi connectivity index (χ1v) is 15.0. The molecule has 4 aliphatic rings. The average Bonchev–Trinajstić information content (AvgIpc) is 3.09. The van der Waals surface area contributed by atoms with E-state index in [1.165, 1.54) is 6.42 Å². The monoisotopic (exact) mass is 537 g/mol. The number of nitrogens with one attached hydrogen (secondary N) is 1. The van der Waals surface area contributed by atoms with Crippen molar-refractivity contribution in [3.63, 3.8) is 0 Å². The molecule has 0 aromatic rings. The van der Waals surface area contributed by atoms with E-state index in [2.05, 4.69) is 26.1 Å². The molecule has 0 spiro atoms. The van der Waals surface area contributed by atoms with Crippen LogP contribution in [0, 0.1) is 46.3 Å². The second kappa shape index (κ2) is 11.6. The SMILES string of the molecule is C[C@H](CCC(=O)NCCS(=O)(=O)[O-])[C@H]1CCC2C3C(CC[C@@]21C)[C@@]1(C)CC[C@@H](O)CC1C[C@H]3O.[K+]. The van der Waals surface area contributed by atoms with Gasteiger partial charge in [-0.2, -0.15) is 0 Å². The van der Waals surface area contributed by atoms with Gasteiger partial charge in [-0.05, 0) is 104 Å². The first kappa shape index (κ1) is 30.5. The van der Waals surface area contributed by atoms with Crippen LogP contribution in [0.15, 0.2) is 0 Å². The van der Waals surface area contributed by atoms with Crippen molar-refractivity contribution in [2.75, 3.05) is 12.3 Å². The molecule has 35 heavy (non-hydrogen) atoms. The van der Waals surface area contributed by atoms with Crippen molar-refractivity contribution in [3.8, 4) is 0 Å². The van der Waals surface area contributed by atoms with Crippen LogP contribution in [0.25, 0.3) is 0 Å². The van der Waals surface area contributed by atoms with E-state index in [1.807, 2.05) is 0 Å². The molecule has 196 valence electrons. The molecule has 7 nitrogen and oxygen atoms in total. The second-order valence-corrected chi connectivity index (χ2v) is 14.1. The predicted molar refractivity (Wildman–Crippen MR) is 129 cm³/mol. The van der Waals surface area contributed by atoms with E-state index in [-0.39, 0.29) is 86.9 Å². The normalized spacial score (nSPS) is 43.8. The Hall–Kier alpha value is 0.936. The zero-order valence-corrected chi connectivity index (χ0v) is 26.0. The molecule has 4 fully saturated rings. The molecule has 10 atom stereocenters. The van der Waals surface area contributed by atoms with E-state index < -0.39 is 15.9 Å². The molecule has 4 saturated carbocycles. The van der Waals surface area contributed by atoms with Crippen molar-refractivity contribution in [3.05, 3.63) is 0 Å². The Morgan fingerprint density at radius 1 is 1.06 bits per heavy atom. The molecular weight excluding hydrogens is 493 g/mol. The van der Waals surface area contributed by atoms with Gasteiger partial charge in [0.2, 0.25) is 5.91 Å². The zero-order valence-electron chi connectivity index (χ0n) is 22.0. The molecule has 0 saturated heterocycles. The van der Waals surface area contributed by atoms with Crippen LogP contribution in [-0.2, 0) is 14.9 Å². The van der Waals surface area contributed by atoms with Gasteiger partial charge in [0.15, 0.2) is 0 Å². The third kappa shape index (κ3) is 6.24. The third-order valence-corrected chi connectivity index (χ3v) is 11.6. The van der Waals surface area contributed by atoms with Crippen LogP contribution in [0.1, 0.15) is 85.0 Å². The summed E-state index contributed by atoms with van der Waals surface area (Å²) in [5.41, 5.74) is 0.399. The minimum atomic E-state index is -4.31. The number of aliphatic hydroxyl groups excluding tert-OH is 2. The van der Waals surface area contributed by atoms with Crippen LogP contribution in [0.4, 0.5) is 0 Å². The number of hydrogen-bond donors (Lipinski definition) is 3.